The van der Waals surface area contributed by atoms with E-state index in [1.807, 2.05) is 0 Å². The van der Waals surface area contributed by atoms with Gasteiger partial charge in [-0.25, -0.2) is 14.5 Å². The molecular formula is C23H20F6N6O3. The highest BCUT2D eigenvalue weighted by Gasteiger charge is 2.35. The fraction of sp³-hybridized carbons (Fsp3) is 0.304. The lowest BCUT2D eigenvalue weighted by Crippen LogP contribution is -2.42. The molecule has 0 unspecified atom stereocenters. The summed E-state index contributed by atoms with van der Waals surface area (Å²) in [5.74, 6) is -1.15. The predicted octanol–water partition coefficient (Wildman–Crippen LogP) is 4.38. The van der Waals surface area contributed by atoms with E-state index in [1.165, 1.54) is 42.9 Å². The second-order valence-electron chi connectivity index (χ2n) is 8.91. The lowest BCUT2D eigenvalue weighted by Gasteiger charge is -2.30. The van der Waals surface area contributed by atoms with Crippen LogP contribution in [-0.2, 0) is 6.18 Å². The molecule has 3 aromatic heterocycles. The zero-order chi connectivity index (χ0) is 28.0. The molecule has 0 spiro atoms. The normalized spacial score (nSPS) is 13.5. The highest BCUT2D eigenvalue weighted by Crippen LogP contribution is 2.30. The molecule has 4 aromatic rings. The van der Waals surface area contributed by atoms with Gasteiger partial charge in [0.05, 0.1) is 17.8 Å². The van der Waals surface area contributed by atoms with Crippen molar-refractivity contribution in [2.75, 3.05) is 0 Å². The molecule has 0 saturated heterocycles. The van der Waals surface area contributed by atoms with E-state index in [9.17, 15) is 36.2 Å². The summed E-state index contributed by atoms with van der Waals surface area (Å²) >= 11 is 0. The maximum absolute atomic E-state index is 13.2. The molecule has 0 aliphatic rings. The SMILES string of the molecule is Cc1cn2ncc(C(=O)N[C@@H](c3ccc(OC(F)(F)F)cc3)C(C)(C)O)c2nc1-n1cnc(C(F)(F)F)c1. The zero-order valence-corrected chi connectivity index (χ0v) is 20.0. The molecule has 4 rings (SSSR count). The predicted molar refractivity (Wildman–Crippen MR) is 119 cm³/mol. The summed E-state index contributed by atoms with van der Waals surface area (Å²) in [6.45, 7) is 4.38. The molecule has 0 bridgehead atoms. The topological polar surface area (TPSA) is 107 Å². The summed E-state index contributed by atoms with van der Waals surface area (Å²) in [6.07, 6.45) is -5.18. The second-order valence-corrected chi connectivity index (χ2v) is 8.91. The third-order valence-corrected chi connectivity index (χ3v) is 5.44. The molecule has 1 amide bonds. The van der Waals surface area contributed by atoms with Crippen LogP contribution in [0.4, 0.5) is 26.3 Å². The average molecular weight is 542 g/mol. The number of hydrogen-bond donors (Lipinski definition) is 2. The standard InChI is InChI=1S/C23H20F6N6O3/c1-12-9-35-19(33-18(12)34-10-16(30-11-34)22(24,25)26)15(8-31-35)20(36)32-17(21(2,3)37)13-4-6-14(7-5-13)38-23(27,28)29/h4-11,17,37H,1-3H3,(H,32,36)/t17-/m0/s1. The van der Waals surface area contributed by atoms with Gasteiger partial charge in [-0.1, -0.05) is 12.1 Å². The number of amides is 1. The number of nitrogens with one attached hydrogen (secondary N) is 1. The Balaban J connectivity index is 1.66. The summed E-state index contributed by atoms with van der Waals surface area (Å²) < 4.78 is 82.6. The monoisotopic (exact) mass is 542 g/mol. The molecule has 3 heterocycles. The molecule has 0 radical (unpaired) electrons. The van der Waals surface area contributed by atoms with Gasteiger partial charge in [0, 0.05) is 18.0 Å². The van der Waals surface area contributed by atoms with Gasteiger partial charge in [-0.2, -0.15) is 18.3 Å². The van der Waals surface area contributed by atoms with Crippen LogP contribution in [0.15, 0.2) is 49.2 Å². The molecular weight excluding hydrogens is 522 g/mol. The molecule has 0 aliphatic carbocycles. The molecule has 1 aromatic carbocycles. The number of imidazole rings is 1. The third-order valence-electron chi connectivity index (χ3n) is 5.44. The number of alkyl halides is 6. The molecule has 2 N–H and O–H groups in total. The number of rotatable bonds is 6. The van der Waals surface area contributed by atoms with Crippen molar-refractivity contribution in [2.45, 2.75) is 45.0 Å². The lowest BCUT2D eigenvalue weighted by atomic mass is 9.91. The zero-order valence-electron chi connectivity index (χ0n) is 20.0. The van der Waals surface area contributed by atoms with Crippen LogP contribution in [-0.4, -0.2) is 47.1 Å². The van der Waals surface area contributed by atoms with Crippen LogP contribution in [0.5, 0.6) is 5.75 Å². The van der Waals surface area contributed by atoms with E-state index in [2.05, 4.69) is 25.1 Å². The first-order valence-corrected chi connectivity index (χ1v) is 10.9. The number of halogens is 6. The van der Waals surface area contributed by atoms with Gasteiger partial charge in [0.2, 0.25) is 0 Å². The van der Waals surface area contributed by atoms with E-state index in [-0.39, 0.29) is 22.6 Å². The van der Waals surface area contributed by atoms with Crippen molar-refractivity contribution in [2.24, 2.45) is 0 Å². The molecule has 38 heavy (non-hydrogen) atoms. The van der Waals surface area contributed by atoms with Gasteiger partial charge in [0.1, 0.15) is 23.5 Å². The van der Waals surface area contributed by atoms with E-state index in [1.54, 1.807) is 6.92 Å². The van der Waals surface area contributed by atoms with E-state index < -0.39 is 41.5 Å². The second kappa shape index (κ2) is 9.31. The Hall–Kier alpha value is -4.14. The van der Waals surface area contributed by atoms with Crippen LogP contribution in [0.2, 0.25) is 0 Å². The van der Waals surface area contributed by atoms with Crippen LogP contribution in [0.1, 0.15) is 47.1 Å². The molecule has 0 saturated carbocycles. The number of carbonyl (C=O) groups is 1. The molecule has 0 aliphatic heterocycles. The van der Waals surface area contributed by atoms with Gasteiger partial charge in [-0.05, 0) is 38.5 Å². The third kappa shape index (κ3) is 5.72. The number of aromatic nitrogens is 5. The molecule has 202 valence electrons. The number of aliphatic hydroxyl groups is 1. The maximum Gasteiger partial charge on any atom is 0.573 e. The Kier molecular flexibility index (Phi) is 6.59. The van der Waals surface area contributed by atoms with Crippen LogP contribution in [0.25, 0.3) is 11.5 Å². The molecule has 15 heteroatoms. The van der Waals surface area contributed by atoms with Crippen LogP contribution in [0.3, 0.4) is 0 Å². The van der Waals surface area contributed by atoms with E-state index >= 15 is 0 Å². The van der Waals surface area contributed by atoms with Gasteiger partial charge in [0.15, 0.2) is 11.3 Å². The van der Waals surface area contributed by atoms with E-state index in [0.717, 1.165) is 29.2 Å². The van der Waals surface area contributed by atoms with Crippen LogP contribution >= 0.6 is 0 Å². The largest absolute Gasteiger partial charge is 0.573 e. The number of fused-ring (bicyclic) bond motifs is 1. The summed E-state index contributed by atoms with van der Waals surface area (Å²) in [4.78, 5) is 20.9. The van der Waals surface area contributed by atoms with Gasteiger partial charge in [-0.3, -0.25) is 9.36 Å². The number of hydrogen-bond acceptors (Lipinski definition) is 6. The van der Waals surface area contributed by atoms with Crippen molar-refractivity contribution in [3.05, 3.63) is 71.6 Å². The number of ether oxygens (including phenoxy) is 1. The fourth-order valence-corrected chi connectivity index (χ4v) is 3.74. The van der Waals surface area contributed by atoms with Crippen LogP contribution in [0, 0.1) is 6.92 Å². The first kappa shape index (κ1) is 26.9. The van der Waals surface area contributed by atoms with E-state index in [4.69, 9.17) is 0 Å². The van der Waals surface area contributed by atoms with Gasteiger partial charge in [0.25, 0.3) is 5.91 Å². The highest BCUT2D eigenvalue weighted by molar-refractivity contribution is 6.00. The molecule has 0 fully saturated rings. The van der Waals surface area contributed by atoms with E-state index in [0.29, 0.717) is 5.56 Å². The average Bonchev–Trinajstić information content (AvgIpc) is 3.43. The minimum atomic E-state index is -4.88. The number of aryl methyl sites for hydroxylation is 1. The number of carbonyl (C=O) groups excluding carboxylic acids is 1. The Morgan fingerprint density at radius 3 is 2.29 bits per heavy atom. The minimum Gasteiger partial charge on any atom is -0.406 e. The Bertz CT molecular complexity index is 1470. The van der Waals surface area contributed by atoms with Crippen molar-refractivity contribution >= 4 is 11.6 Å². The summed E-state index contributed by atoms with van der Waals surface area (Å²) in [5.41, 5.74) is -2.02. The summed E-state index contributed by atoms with van der Waals surface area (Å²) in [5, 5.41) is 17.4. The van der Waals surface area contributed by atoms with Crippen molar-refractivity contribution < 1.29 is 41.0 Å². The first-order valence-electron chi connectivity index (χ1n) is 10.9. The molecule has 9 nitrogen and oxygen atoms in total. The number of benzene rings is 1. The lowest BCUT2D eigenvalue weighted by molar-refractivity contribution is -0.274. The summed E-state index contributed by atoms with van der Waals surface area (Å²) in [7, 11) is 0. The smallest absolute Gasteiger partial charge is 0.406 e. The van der Waals surface area contributed by atoms with Crippen molar-refractivity contribution in [3.63, 3.8) is 0 Å². The Morgan fingerprint density at radius 1 is 1.08 bits per heavy atom. The minimum absolute atomic E-state index is 0.00813. The Morgan fingerprint density at radius 2 is 1.74 bits per heavy atom. The quantitative estimate of drug-likeness (QED) is 0.351. The number of nitrogens with zero attached hydrogens (tertiary/aromatic N) is 5. The van der Waals surface area contributed by atoms with Crippen molar-refractivity contribution in [1.82, 2.24) is 29.5 Å². The van der Waals surface area contributed by atoms with Crippen LogP contribution < -0.4 is 10.1 Å². The van der Waals surface area contributed by atoms with Gasteiger partial charge >= 0.3 is 12.5 Å². The van der Waals surface area contributed by atoms with Crippen molar-refractivity contribution in [3.8, 4) is 11.6 Å². The Labute approximate surface area is 210 Å². The maximum atomic E-state index is 13.2. The summed E-state index contributed by atoms with van der Waals surface area (Å²) in [6, 6.07) is 3.52. The highest BCUT2D eigenvalue weighted by atomic mass is 19.4. The first-order chi connectivity index (χ1) is 17.5. The van der Waals surface area contributed by atoms with Gasteiger partial charge < -0.3 is 15.2 Å². The van der Waals surface area contributed by atoms with Crippen molar-refractivity contribution in [1.29, 1.82) is 0 Å². The van der Waals surface area contributed by atoms with Gasteiger partial charge in [-0.15, -0.1) is 13.2 Å². The fourth-order valence-electron chi connectivity index (χ4n) is 3.74. The molecule has 1 atom stereocenters.